The smallest absolute Gasteiger partial charge is 0.241 e. The number of morpholine rings is 1. The lowest BCUT2D eigenvalue weighted by molar-refractivity contribution is -0.119. The number of sulfonamides is 1. The van der Waals surface area contributed by atoms with Gasteiger partial charge >= 0.3 is 0 Å². The van der Waals surface area contributed by atoms with E-state index in [1.165, 1.54) is 0 Å². The Morgan fingerprint density at radius 2 is 1.78 bits per heavy atom. The Kier molecular flexibility index (Phi) is 6.71. The zero-order valence-corrected chi connectivity index (χ0v) is 18.8. The van der Waals surface area contributed by atoms with E-state index in [1.807, 2.05) is 24.3 Å². The first-order valence-corrected chi connectivity index (χ1v) is 12.2. The molecule has 4 rings (SSSR count). The predicted molar refractivity (Wildman–Crippen MR) is 121 cm³/mol. The molecule has 0 saturated carbocycles. The van der Waals surface area contributed by atoms with Crippen molar-refractivity contribution in [2.75, 3.05) is 54.6 Å². The van der Waals surface area contributed by atoms with Crippen molar-refractivity contribution in [3.8, 4) is 11.5 Å². The molecule has 0 aromatic heterocycles. The topological polar surface area (TPSA) is 97.4 Å². The monoisotopic (exact) mass is 461 g/mol. The zero-order chi connectivity index (χ0) is 22.6. The summed E-state index contributed by atoms with van der Waals surface area (Å²) in [6.07, 6.45) is 0. The van der Waals surface area contributed by atoms with Crippen molar-refractivity contribution in [2.24, 2.45) is 0 Å². The molecular weight excluding hydrogens is 434 g/mol. The van der Waals surface area contributed by atoms with Crippen LogP contribution in [-0.4, -0.2) is 59.7 Å². The summed E-state index contributed by atoms with van der Waals surface area (Å²) in [6.45, 7) is 4.78. The van der Waals surface area contributed by atoms with Crippen LogP contribution < -0.4 is 24.0 Å². The molecule has 0 aliphatic carbocycles. The number of nitrogens with one attached hydrogen (secondary N) is 1. The number of carbonyl (C=O) groups is 1. The van der Waals surface area contributed by atoms with Crippen molar-refractivity contribution in [3.05, 3.63) is 48.0 Å². The summed E-state index contributed by atoms with van der Waals surface area (Å²) in [5.74, 6) is 0.488. The number of amides is 1. The molecule has 1 N–H and O–H groups in total. The Bertz CT molecular complexity index is 1050. The van der Waals surface area contributed by atoms with Crippen LogP contribution in [0.3, 0.4) is 0 Å². The average Bonchev–Trinajstić information content (AvgIpc) is 3.30. The van der Waals surface area contributed by atoms with E-state index in [9.17, 15) is 13.2 Å². The SMILES string of the molecule is CCS(=O)(=O)N(CC(=O)NCc1ccc(N2CCOCC2)cc1)c1ccc2c(c1)OCO2. The van der Waals surface area contributed by atoms with Gasteiger partial charge in [-0.2, -0.15) is 0 Å². The van der Waals surface area contributed by atoms with Gasteiger partial charge in [0.25, 0.3) is 0 Å². The molecule has 1 saturated heterocycles. The fraction of sp³-hybridized carbons (Fsp3) is 0.409. The zero-order valence-electron chi connectivity index (χ0n) is 18.0. The summed E-state index contributed by atoms with van der Waals surface area (Å²) < 4.78 is 42.4. The molecule has 2 aliphatic rings. The first-order valence-electron chi connectivity index (χ1n) is 10.5. The predicted octanol–water partition coefficient (Wildman–Crippen LogP) is 1.72. The molecule has 2 aromatic rings. The van der Waals surface area contributed by atoms with Gasteiger partial charge in [0.15, 0.2) is 11.5 Å². The van der Waals surface area contributed by atoms with Gasteiger partial charge in [-0.25, -0.2) is 8.42 Å². The van der Waals surface area contributed by atoms with E-state index in [0.717, 1.165) is 41.9 Å². The summed E-state index contributed by atoms with van der Waals surface area (Å²) in [7, 11) is -3.67. The van der Waals surface area contributed by atoms with Crippen LogP contribution in [0, 0.1) is 0 Å². The molecule has 1 amide bonds. The van der Waals surface area contributed by atoms with Gasteiger partial charge in [0, 0.05) is 31.4 Å². The molecule has 32 heavy (non-hydrogen) atoms. The molecule has 0 spiro atoms. The number of fused-ring (bicyclic) bond motifs is 1. The van der Waals surface area contributed by atoms with Crippen molar-refractivity contribution in [1.29, 1.82) is 0 Å². The lowest BCUT2D eigenvalue weighted by Gasteiger charge is -2.29. The minimum atomic E-state index is -3.67. The summed E-state index contributed by atoms with van der Waals surface area (Å²) in [5.41, 5.74) is 2.41. The molecule has 0 unspecified atom stereocenters. The molecule has 2 aliphatic heterocycles. The Morgan fingerprint density at radius 1 is 1.06 bits per heavy atom. The van der Waals surface area contributed by atoms with Crippen molar-refractivity contribution in [2.45, 2.75) is 13.5 Å². The van der Waals surface area contributed by atoms with Crippen molar-refractivity contribution >= 4 is 27.3 Å². The van der Waals surface area contributed by atoms with Crippen LogP contribution in [0.25, 0.3) is 0 Å². The number of hydrogen-bond acceptors (Lipinski definition) is 7. The highest BCUT2D eigenvalue weighted by Crippen LogP contribution is 2.36. The van der Waals surface area contributed by atoms with Crippen molar-refractivity contribution in [1.82, 2.24) is 5.32 Å². The maximum Gasteiger partial charge on any atom is 0.241 e. The van der Waals surface area contributed by atoms with E-state index < -0.39 is 15.9 Å². The van der Waals surface area contributed by atoms with E-state index in [1.54, 1.807) is 25.1 Å². The van der Waals surface area contributed by atoms with Gasteiger partial charge in [-0.15, -0.1) is 0 Å². The second-order valence-corrected chi connectivity index (χ2v) is 9.67. The van der Waals surface area contributed by atoms with Crippen LogP contribution in [0.5, 0.6) is 11.5 Å². The highest BCUT2D eigenvalue weighted by molar-refractivity contribution is 7.92. The van der Waals surface area contributed by atoms with Gasteiger partial charge in [0.05, 0.1) is 24.7 Å². The highest BCUT2D eigenvalue weighted by atomic mass is 32.2. The standard InChI is InChI=1S/C22H27N3O6S/c1-2-32(27,28)25(19-7-8-20-21(13-19)31-16-30-20)15-22(26)23-14-17-3-5-18(6-4-17)24-9-11-29-12-10-24/h3-8,13H,2,9-12,14-16H2,1H3,(H,23,26). The number of carbonyl (C=O) groups excluding carboxylic acids is 1. The van der Waals surface area contributed by atoms with Crippen molar-refractivity contribution < 1.29 is 27.4 Å². The lowest BCUT2D eigenvalue weighted by Crippen LogP contribution is -2.41. The number of hydrogen-bond donors (Lipinski definition) is 1. The Morgan fingerprint density at radius 3 is 2.50 bits per heavy atom. The van der Waals surface area contributed by atoms with Crippen LogP contribution in [0.15, 0.2) is 42.5 Å². The quantitative estimate of drug-likeness (QED) is 0.639. The fourth-order valence-electron chi connectivity index (χ4n) is 3.58. The molecule has 1 fully saturated rings. The fourth-order valence-corrected chi connectivity index (χ4v) is 4.64. The van der Waals surface area contributed by atoms with E-state index in [-0.39, 0.29) is 19.1 Å². The van der Waals surface area contributed by atoms with Gasteiger partial charge in [0.2, 0.25) is 22.7 Å². The van der Waals surface area contributed by atoms with Gasteiger partial charge < -0.3 is 24.4 Å². The van der Waals surface area contributed by atoms with Crippen LogP contribution in [0.4, 0.5) is 11.4 Å². The van der Waals surface area contributed by atoms with E-state index in [4.69, 9.17) is 14.2 Å². The van der Waals surface area contributed by atoms with Crippen LogP contribution in [-0.2, 0) is 26.1 Å². The molecule has 0 atom stereocenters. The summed E-state index contributed by atoms with van der Waals surface area (Å²) in [5, 5.41) is 2.81. The molecule has 0 bridgehead atoms. The maximum absolute atomic E-state index is 12.7. The third-order valence-corrected chi connectivity index (χ3v) is 7.18. The lowest BCUT2D eigenvalue weighted by atomic mass is 10.2. The summed E-state index contributed by atoms with van der Waals surface area (Å²) in [4.78, 5) is 14.9. The molecule has 2 heterocycles. The number of anilines is 2. The largest absolute Gasteiger partial charge is 0.454 e. The number of ether oxygens (including phenoxy) is 3. The number of nitrogens with zero attached hydrogens (tertiary/aromatic N) is 2. The molecule has 9 nitrogen and oxygen atoms in total. The van der Waals surface area contributed by atoms with E-state index >= 15 is 0 Å². The van der Waals surface area contributed by atoms with Crippen molar-refractivity contribution in [3.63, 3.8) is 0 Å². The Labute approximate surface area is 187 Å². The molecule has 10 heteroatoms. The minimum absolute atomic E-state index is 0.0874. The van der Waals surface area contributed by atoms with Crippen LogP contribution >= 0.6 is 0 Å². The Balaban J connectivity index is 1.39. The normalized spacial score (nSPS) is 15.5. The van der Waals surface area contributed by atoms with Gasteiger partial charge in [-0.05, 0) is 36.8 Å². The van der Waals surface area contributed by atoms with Gasteiger partial charge in [-0.1, -0.05) is 12.1 Å². The maximum atomic E-state index is 12.7. The number of benzene rings is 2. The molecule has 0 radical (unpaired) electrons. The third kappa shape index (κ3) is 5.08. The summed E-state index contributed by atoms with van der Waals surface area (Å²) in [6, 6.07) is 12.8. The van der Waals surface area contributed by atoms with Crippen LogP contribution in [0.2, 0.25) is 0 Å². The molecular formula is C22H27N3O6S. The van der Waals surface area contributed by atoms with Crippen LogP contribution in [0.1, 0.15) is 12.5 Å². The summed E-state index contributed by atoms with van der Waals surface area (Å²) >= 11 is 0. The van der Waals surface area contributed by atoms with E-state index in [2.05, 4.69) is 10.2 Å². The Hall–Kier alpha value is -2.98. The second kappa shape index (κ2) is 9.66. The first-order chi connectivity index (χ1) is 15.5. The van der Waals surface area contributed by atoms with Gasteiger partial charge in [0.1, 0.15) is 6.54 Å². The third-order valence-electron chi connectivity index (χ3n) is 5.43. The van der Waals surface area contributed by atoms with E-state index in [0.29, 0.717) is 23.7 Å². The van der Waals surface area contributed by atoms with Gasteiger partial charge in [-0.3, -0.25) is 9.10 Å². The minimum Gasteiger partial charge on any atom is -0.454 e. The number of rotatable bonds is 8. The second-order valence-electron chi connectivity index (χ2n) is 7.49. The average molecular weight is 462 g/mol. The first kappa shape index (κ1) is 22.2. The molecule has 172 valence electrons. The molecule has 2 aromatic carbocycles. The highest BCUT2D eigenvalue weighted by Gasteiger charge is 2.25.